The molecule has 1 aromatic carbocycles. The number of aromatic nitrogens is 1. The average Bonchev–Trinajstić information content (AvgIpc) is 2.83. The van der Waals surface area contributed by atoms with Gasteiger partial charge < -0.3 is 15.2 Å². The summed E-state index contributed by atoms with van der Waals surface area (Å²) < 4.78 is 39.9. The van der Waals surface area contributed by atoms with Crippen molar-refractivity contribution in [2.24, 2.45) is 0 Å². The normalized spacial score (nSPS) is 11.8. The van der Waals surface area contributed by atoms with Gasteiger partial charge in [-0.25, -0.2) is 4.79 Å². The molecule has 0 aliphatic heterocycles. The van der Waals surface area contributed by atoms with Crippen molar-refractivity contribution in [2.45, 2.75) is 6.18 Å². The number of hydrogen-bond acceptors (Lipinski definition) is 2. The first-order chi connectivity index (χ1) is 10.8. The summed E-state index contributed by atoms with van der Waals surface area (Å²) in [4.78, 5) is 10.9. The van der Waals surface area contributed by atoms with E-state index in [9.17, 15) is 18.0 Å². The smallest absolute Gasteiger partial charge is 0.416 e. The Hall–Kier alpha value is -2.96. The second kappa shape index (κ2) is 5.05. The Kier molecular flexibility index (Phi) is 3.28. The van der Waals surface area contributed by atoms with Crippen LogP contribution in [0.5, 0.6) is 0 Å². The molecule has 0 amide bonds. The number of carboxylic acids is 1. The van der Waals surface area contributed by atoms with E-state index in [0.29, 0.717) is 11.3 Å². The van der Waals surface area contributed by atoms with Crippen molar-refractivity contribution in [3.8, 4) is 11.3 Å². The van der Waals surface area contributed by atoms with E-state index in [2.05, 4.69) is 0 Å². The number of nitrogens with zero attached hydrogens (tertiary/aromatic N) is 1. The lowest BCUT2D eigenvalue weighted by Gasteiger charge is -2.09. The van der Waals surface area contributed by atoms with Crippen molar-refractivity contribution in [3.05, 3.63) is 59.8 Å². The van der Waals surface area contributed by atoms with E-state index in [0.717, 1.165) is 12.1 Å². The van der Waals surface area contributed by atoms with Crippen molar-refractivity contribution in [3.63, 3.8) is 0 Å². The number of carboxylic acid groups (broad SMARTS) is 1. The highest BCUT2D eigenvalue weighted by Crippen LogP contribution is 2.34. The molecule has 2 aromatic heterocycles. The Balaban J connectivity index is 2.14. The molecule has 0 unspecified atom stereocenters. The Morgan fingerprint density at radius 1 is 1.09 bits per heavy atom. The first kappa shape index (κ1) is 15.0. The largest absolute Gasteiger partial charge is 0.478 e. The number of rotatable bonds is 2. The fourth-order valence-corrected chi connectivity index (χ4v) is 2.41. The quantitative estimate of drug-likeness (QED) is 0.752. The molecule has 0 aliphatic rings. The summed E-state index contributed by atoms with van der Waals surface area (Å²) >= 11 is 0. The Morgan fingerprint density at radius 2 is 1.74 bits per heavy atom. The summed E-state index contributed by atoms with van der Waals surface area (Å²) in [5.74, 6) is -1.05. The maximum absolute atomic E-state index is 12.8. The molecule has 0 atom stereocenters. The van der Waals surface area contributed by atoms with Crippen LogP contribution in [-0.2, 0) is 6.18 Å². The highest BCUT2D eigenvalue weighted by molar-refractivity contribution is 5.88. The Bertz CT molecular complexity index is 896. The van der Waals surface area contributed by atoms with Crippen molar-refractivity contribution < 1.29 is 23.1 Å². The van der Waals surface area contributed by atoms with Gasteiger partial charge in [0.25, 0.3) is 0 Å². The van der Waals surface area contributed by atoms with Crippen LogP contribution in [0.1, 0.15) is 15.9 Å². The molecule has 23 heavy (non-hydrogen) atoms. The number of alkyl halides is 3. The van der Waals surface area contributed by atoms with Crippen molar-refractivity contribution in [1.29, 1.82) is 0 Å². The van der Waals surface area contributed by atoms with Gasteiger partial charge >= 0.3 is 12.1 Å². The zero-order chi connectivity index (χ0) is 16.8. The third kappa shape index (κ3) is 2.61. The number of anilines is 1. The van der Waals surface area contributed by atoms with Crippen molar-refractivity contribution in [2.75, 3.05) is 5.73 Å². The Morgan fingerprint density at radius 3 is 2.30 bits per heavy atom. The van der Waals surface area contributed by atoms with Crippen LogP contribution < -0.4 is 5.73 Å². The monoisotopic (exact) mass is 320 g/mol. The molecular formula is C16H11F3N2O2. The lowest BCUT2D eigenvalue weighted by atomic mass is 10.1. The molecular weight excluding hydrogens is 309 g/mol. The SMILES string of the molecule is Nc1cc(-c2ccc(C(=O)O)cc2)n2ccc(C(F)(F)F)cc12. The van der Waals surface area contributed by atoms with E-state index in [4.69, 9.17) is 10.8 Å². The molecule has 0 saturated heterocycles. The van der Waals surface area contributed by atoms with Crippen LogP contribution >= 0.6 is 0 Å². The Labute approximate surface area is 128 Å². The molecule has 3 aromatic rings. The van der Waals surface area contributed by atoms with Crippen LogP contribution in [0.25, 0.3) is 16.8 Å². The lowest BCUT2D eigenvalue weighted by Crippen LogP contribution is -2.05. The minimum absolute atomic E-state index is 0.127. The minimum atomic E-state index is -4.44. The summed E-state index contributed by atoms with van der Waals surface area (Å²) in [6.45, 7) is 0. The molecule has 118 valence electrons. The summed E-state index contributed by atoms with van der Waals surface area (Å²) in [6, 6.07) is 9.55. The van der Waals surface area contributed by atoms with E-state index in [1.165, 1.54) is 18.3 Å². The van der Waals surface area contributed by atoms with E-state index >= 15 is 0 Å². The second-order valence-electron chi connectivity index (χ2n) is 5.04. The molecule has 0 saturated carbocycles. The number of halogens is 3. The van der Waals surface area contributed by atoms with Crippen LogP contribution in [0.4, 0.5) is 18.9 Å². The third-order valence-electron chi connectivity index (χ3n) is 3.56. The molecule has 2 heterocycles. The van der Waals surface area contributed by atoms with Crippen molar-refractivity contribution >= 4 is 17.2 Å². The number of pyridine rings is 1. The van der Waals surface area contributed by atoms with Gasteiger partial charge in [-0.15, -0.1) is 0 Å². The van der Waals surface area contributed by atoms with Gasteiger partial charge in [0.1, 0.15) is 0 Å². The van der Waals surface area contributed by atoms with Gasteiger partial charge in [0.2, 0.25) is 0 Å². The maximum Gasteiger partial charge on any atom is 0.416 e. The van der Waals surface area contributed by atoms with Gasteiger partial charge in [-0.3, -0.25) is 0 Å². The summed E-state index contributed by atoms with van der Waals surface area (Å²) in [5, 5.41) is 8.90. The molecule has 3 N–H and O–H groups in total. The fourth-order valence-electron chi connectivity index (χ4n) is 2.41. The molecule has 0 radical (unpaired) electrons. The van der Waals surface area contributed by atoms with E-state index < -0.39 is 17.7 Å². The molecule has 0 aliphatic carbocycles. The van der Waals surface area contributed by atoms with Crippen LogP contribution in [0.15, 0.2) is 48.7 Å². The van der Waals surface area contributed by atoms with Gasteiger partial charge in [0.05, 0.1) is 28.0 Å². The van der Waals surface area contributed by atoms with Gasteiger partial charge in [-0.05, 0) is 35.9 Å². The van der Waals surface area contributed by atoms with Crippen molar-refractivity contribution in [1.82, 2.24) is 4.40 Å². The highest BCUT2D eigenvalue weighted by atomic mass is 19.4. The summed E-state index contributed by atoms with van der Waals surface area (Å²) in [6.07, 6.45) is -3.14. The van der Waals surface area contributed by atoms with Crippen LogP contribution in [0, 0.1) is 0 Å². The molecule has 0 fully saturated rings. The minimum Gasteiger partial charge on any atom is -0.478 e. The summed E-state index contributed by atoms with van der Waals surface area (Å²) in [7, 11) is 0. The van der Waals surface area contributed by atoms with Gasteiger partial charge in [0.15, 0.2) is 0 Å². The number of fused-ring (bicyclic) bond motifs is 1. The predicted molar refractivity (Wildman–Crippen MR) is 79.2 cm³/mol. The topological polar surface area (TPSA) is 67.7 Å². The second-order valence-corrected chi connectivity index (χ2v) is 5.04. The first-order valence-corrected chi connectivity index (χ1v) is 6.59. The number of hydrogen-bond donors (Lipinski definition) is 2. The number of carbonyl (C=O) groups is 1. The molecule has 0 spiro atoms. The van der Waals surface area contributed by atoms with E-state index in [1.54, 1.807) is 22.6 Å². The molecule has 7 heteroatoms. The average molecular weight is 320 g/mol. The molecule has 3 rings (SSSR count). The van der Waals surface area contributed by atoms with Gasteiger partial charge in [-0.2, -0.15) is 13.2 Å². The van der Waals surface area contributed by atoms with E-state index in [1.807, 2.05) is 0 Å². The third-order valence-corrected chi connectivity index (χ3v) is 3.56. The maximum atomic E-state index is 12.8. The zero-order valence-electron chi connectivity index (χ0n) is 11.6. The van der Waals surface area contributed by atoms with Crippen LogP contribution in [-0.4, -0.2) is 15.5 Å². The molecule has 0 bridgehead atoms. The number of benzene rings is 1. The summed E-state index contributed by atoms with van der Waals surface area (Å²) in [5.41, 5.74) is 6.88. The zero-order valence-corrected chi connectivity index (χ0v) is 11.6. The van der Waals surface area contributed by atoms with Crippen LogP contribution in [0.3, 0.4) is 0 Å². The van der Waals surface area contributed by atoms with Gasteiger partial charge in [-0.1, -0.05) is 12.1 Å². The number of aromatic carboxylic acids is 1. The van der Waals surface area contributed by atoms with E-state index in [-0.39, 0.29) is 16.8 Å². The number of nitrogen functional groups attached to an aromatic ring is 1. The fraction of sp³-hybridized carbons (Fsp3) is 0.0625. The van der Waals surface area contributed by atoms with Crippen LogP contribution in [0.2, 0.25) is 0 Å². The standard InChI is InChI=1S/C16H11F3N2O2/c17-16(18,19)11-5-6-21-13(8-12(20)14(21)7-11)9-1-3-10(4-2-9)15(22)23/h1-8H,20H2,(H,22,23). The van der Waals surface area contributed by atoms with Gasteiger partial charge in [0, 0.05) is 6.20 Å². The predicted octanol–water partition coefficient (Wildman–Crippen LogP) is 3.91. The highest BCUT2D eigenvalue weighted by Gasteiger charge is 2.31. The lowest BCUT2D eigenvalue weighted by molar-refractivity contribution is -0.137. The molecule has 4 nitrogen and oxygen atoms in total. The number of nitrogens with two attached hydrogens (primary N) is 1. The first-order valence-electron chi connectivity index (χ1n) is 6.59.